The van der Waals surface area contributed by atoms with E-state index in [2.05, 4.69) is 34.6 Å². The van der Waals surface area contributed by atoms with Crippen LogP contribution < -0.4 is 10.3 Å². The lowest BCUT2D eigenvalue weighted by Gasteiger charge is -2.15. The summed E-state index contributed by atoms with van der Waals surface area (Å²) in [5.41, 5.74) is 1.74. The van der Waals surface area contributed by atoms with E-state index in [1.807, 2.05) is 0 Å². The Morgan fingerprint density at radius 1 is 1.17 bits per heavy atom. The molecule has 0 amide bonds. The lowest BCUT2D eigenvalue weighted by molar-refractivity contribution is -0.274. The topological polar surface area (TPSA) is 107 Å². The zero-order valence-corrected chi connectivity index (χ0v) is 14.8. The molecule has 29 heavy (non-hydrogen) atoms. The van der Waals surface area contributed by atoms with Crippen molar-refractivity contribution in [2.45, 2.75) is 19.7 Å². The number of aromatic amines is 1. The van der Waals surface area contributed by atoms with Gasteiger partial charge in [-0.3, -0.25) is 14.8 Å². The predicted molar refractivity (Wildman–Crippen MR) is 94.1 cm³/mol. The number of hydrogen-bond donors (Lipinski definition) is 1. The van der Waals surface area contributed by atoms with Crippen LogP contribution in [0.15, 0.2) is 46.0 Å². The van der Waals surface area contributed by atoms with Gasteiger partial charge in [0.05, 0.1) is 0 Å². The number of H-pyrrole nitrogens is 1. The quantitative estimate of drug-likeness (QED) is 0.558. The molecule has 148 valence electrons. The fourth-order valence-corrected chi connectivity index (χ4v) is 2.76. The van der Waals surface area contributed by atoms with E-state index in [9.17, 15) is 18.0 Å². The number of rotatable bonds is 4. The van der Waals surface area contributed by atoms with Crippen LogP contribution in [0.2, 0.25) is 0 Å². The van der Waals surface area contributed by atoms with E-state index >= 15 is 0 Å². The van der Waals surface area contributed by atoms with E-state index in [1.165, 1.54) is 24.4 Å². The number of nitrogens with one attached hydrogen (secondary N) is 1. The van der Waals surface area contributed by atoms with Gasteiger partial charge in [-0.05, 0) is 41.0 Å². The number of fused-ring (bicyclic) bond motifs is 1. The molecule has 0 spiro atoms. The molecule has 4 rings (SSSR count). The first kappa shape index (κ1) is 18.6. The molecule has 3 heterocycles. The van der Waals surface area contributed by atoms with Crippen molar-refractivity contribution in [2.24, 2.45) is 0 Å². The predicted octanol–water partition coefficient (Wildman–Crippen LogP) is 3.17. The second-order valence-electron chi connectivity index (χ2n) is 6.19. The molecule has 0 atom stereocenters. The number of halogens is 3. The number of pyridine rings is 1. The van der Waals surface area contributed by atoms with Gasteiger partial charge in [0.2, 0.25) is 11.3 Å². The molecular weight excluding hydrogens is 391 g/mol. The molecule has 3 aromatic heterocycles. The van der Waals surface area contributed by atoms with Gasteiger partial charge >= 0.3 is 6.36 Å². The molecule has 1 aromatic carbocycles. The maximum Gasteiger partial charge on any atom is 0.573 e. The summed E-state index contributed by atoms with van der Waals surface area (Å²) in [4.78, 5) is 22.9. The second-order valence-corrected chi connectivity index (χ2v) is 6.19. The van der Waals surface area contributed by atoms with Crippen molar-refractivity contribution >= 4 is 11.3 Å². The Labute approximate surface area is 160 Å². The Morgan fingerprint density at radius 2 is 2.00 bits per heavy atom. The molecule has 0 bridgehead atoms. The van der Waals surface area contributed by atoms with Crippen LogP contribution in [0.4, 0.5) is 13.2 Å². The smallest absolute Gasteiger partial charge is 0.405 e. The zero-order valence-electron chi connectivity index (χ0n) is 14.8. The van der Waals surface area contributed by atoms with Crippen molar-refractivity contribution in [3.63, 3.8) is 0 Å². The Bertz CT molecular complexity index is 1230. The molecule has 0 aliphatic carbocycles. The van der Waals surface area contributed by atoms with Crippen LogP contribution in [0.5, 0.6) is 5.75 Å². The number of hydrogen-bond acceptors (Lipinski definition) is 7. The number of aromatic nitrogens is 5. The Kier molecular flexibility index (Phi) is 4.49. The van der Waals surface area contributed by atoms with Crippen molar-refractivity contribution in [3.8, 4) is 16.9 Å². The van der Waals surface area contributed by atoms with Crippen LogP contribution in [0.3, 0.4) is 0 Å². The molecule has 4 aromatic rings. The largest absolute Gasteiger partial charge is 0.573 e. The maximum atomic E-state index is 12.8. The van der Waals surface area contributed by atoms with Gasteiger partial charge in [-0.25, -0.2) is 9.61 Å². The zero-order chi connectivity index (χ0) is 20.6. The summed E-state index contributed by atoms with van der Waals surface area (Å²) in [5, 5.41) is 7.07. The maximum absolute atomic E-state index is 12.8. The van der Waals surface area contributed by atoms with Crippen LogP contribution in [-0.2, 0) is 6.42 Å². The molecule has 0 aliphatic heterocycles. The summed E-state index contributed by atoms with van der Waals surface area (Å²) < 4.78 is 47.1. The van der Waals surface area contributed by atoms with Crippen LogP contribution in [0.1, 0.15) is 17.0 Å². The van der Waals surface area contributed by atoms with Gasteiger partial charge in [0.1, 0.15) is 11.4 Å². The second kappa shape index (κ2) is 7.00. The van der Waals surface area contributed by atoms with Gasteiger partial charge in [-0.2, -0.15) is 0 Å². The van der Waals surface area contributed by atoms with Crippen molar-refractivity contribution in [3.05, 3.63) is 63.8 Å². The molecule has 11 heteroatoms. The fraction of sp³-hybridized carbons (Fsp3) is 0.167. The number of aryl methyl sites for hydroxylation is 1. The third-order valence-electron chi connectivity index (χ3n) is 4.07. The molecular formula is C18H12F3N5O3. The van der Waals surface area contributed by atoms with Gasteiger partial charge in [-0.15, -0.1) is 13.2 Å². The summed E-state index contributed by atoms with van der Waals surface area (Å²) in [6.07, 6.45) is -3.34. The summed E-state index contributed by atoms with van der Waals surface area (Å²) in [5.74, 6) is -0.370. The standard InChI is InChI=1S/C18H12F3N5O3/c1-9-2-4-11(8-22-9)12-6-10(3-5-14(12)28-18(19,20)21)7-13-17(27)24-16-15(23-13)25-29-26-16/h2-6,8H,7H2,1H3,(H,24,26,27). The third-order valence-corrected chi connectivity index (χ3v) is 4.07. The molecule has 0 saturated carbocycles. The molecule has 0 saturated heterocycles. The molecule has 0 radical (unpaired) electrons. The monoisotopic (exact) mass is 403 g/mol. The highest BCUT2D eigenvalue weighted by Gasteiger charge is 2.32. The molecule has 8 nitrogen and oxygen atoms in total. The average Bonchev–Trinajstić information content (AvgIpc) is 3.10. The molecule has 1 N–H and O–H groups in total. The Balaban J connectivity index is 1.75. The van der Waals surface area contributed by atoms with Gasteiger partial charge in [0, 0.05) is 29.4 Å². The van der Waals surface area contributed by atoms with Crippen molar-refractivity contribution < 1.29 is 22.5 Å². The van der Waals surface area contributed by atoms with Gasteiger partial charge in [0.15, 0.2) is 0 Å². The Morgan fingerprint density at radius 3 is 2.72 bits per heavy atom. The lowest BCUT2D eigenvalue weighted by Crippen LogP contribution is -2.18. The molecule has 0 unspecified atom stereocenters. The van der Waals surface area contributed by atoms with Crippen LogP contribution >= 0.6 is 0 Å². The van der Waals surface area contributed by atoms with Gasteiger partial charge in [0.25, 0.3) is 5.56 Å². The lowest BCUT2D eigenvalue weighted by atomic mass is 10.0. The number of benzene rings is 1. The summed E-state index contributed by atoms with van der Waals surface area (Å²) >= 11 is 0. The molecule has 0 aliphatic rings. The van der Waals surface area contributed by atoms with E-state index in [0.29, 0.717) is 16.8 Å². The van der Waals surface area contributed by atoms with Crippen molar-refractivity contribution in [1.29, 1.82) is 0 Å². The van der Waals surface area contributed by atoms with Crippen LogP contribution in [-0.4, -0.2) is 31.6 Å². The number of ether oxygens (including phenoxy) is 1. The first-order chi connectivity index (χ1) is 13.8. The fourth-order valence-electron chi connectivity index (χ4n) is 2.76. The van der Waals surface area contributed by atoms with E-state index < -0.39 is 11.9 Å². The number of alkyl halides is 3. The first-order valence-electron chi connectivity index (χ1n) is 8.32. The highest BCUT2D eigenvalue weighted by atomic mass is 19.4. The van der Waals surface area contributed by atoms with Crippen LogP contribution in [0.25, 0.3) is 22.4 Å². The average molecular weight is 403 g/mol. The van der Waals surface area contributed by atoms with E-state index in [0.717, 1.165) is 0 Å². The third kappa shape index (κ3) is 4.08. The van der Waals surface area contributed by atoms with Gasteiger partial charge < -0.3 is 4.74 Å². The van der Waals surface area contributed by atoms with Crippen molar-refractivity contribution in [2.75, 3.05) is 0 Å². The van der Waals surface area contributed by atoms with Crippen LogP contribution in [0, 0.1) is 6.92 Å². The summed E-state index contributed by atoms with van der Waals surface area (Å²) in [6, 6.07) is 7.45. The molecule has 0 fully saturated rings. The van der Waals surface area contributed by atoms with E-state index in [4.69, 9.17) is 0 Å². The first-order valence-corrected chi connectivity index (χ1v) is 8.32. The number of nitrogens with zero attached hydrogens (tertiary/aromatic N) is 4. The van der Waals surface area contributed by atoms with E-state index in [-0.39, 0.29) is 34.7 Å². The van der Waals surface area contributed by atoms with E-state index in [1.54, 1.807) is 19.1 Å². The highest BCUT2D eigenvalue weighted by Crippen LogP contribution is 2.34. The normalized spacial score (nSPS) is 11.7. The minimum Gasteiger partial charge on any atom is -0.405 e. The summed E-state index contributed by atoms with van der Waals surface area (Å²) in [7, 11) is 0. The highest BCUT2D eigenvalue weighted by molar-refractivity contribution is 5.71. The van der Waals surface area contributed by atoms with Crippen molar-refractivity contribution in [1.82, 2.24) is 25.3 Å². The summed E-state index contributed by atoms with van der Waals surface area (Å²) in [6.45, 7) is 1.76. The Hall–Kier alpha value is -3.76. The minimum atomic E-state index is -4.85. The van der Waals surface area contributed by atoms with Gasteiger partial charge in [-0.1, -0.05) is 12.1 Å². The SMILES string of the molecule is Cc1ccc(-c2cc(Cc3nc4nonc4[nH]c3=O)ccc2OC(F)(F)F)cn1. The minimum absolute atomic E-state index is 0.0523.